The van der Waals surface area contributed by atoms with Crippen LogP contribution in [-0.4, -0.2) is 13.2 Å². The summed E-state index contributed by atoms with van der Waals surface area (Å²) in [6, 6.07) is 12.0. The van der Waals surface area contributed by atoms with Crippen molar-refractivity contribution in [3.63, 3.8) is 0 Å². The van der Waals surface area contributed by atoms with Crippen molar-refractivity contribution < 1.29 is 4.74 Å². The molecule has 0 bridgehead atoms. The fraction of sp³-hybridized carbons (Fsp3) is 0.294. The number of rotatable bonds is 3. The molecule has 0 radical (unpaired) electrons. The van der Waals surface area contributed by atoms with E-state index in [1.165, 1.54) is 5.56 Å². The van der Waals surface area contributed by atoms with Crippen LogP contribution >= 0.6 is 23.2 Å². The second kappa shape index (κ2) is 5.88. The van der Waals surface area contributed by atoms with Gasteiger partial charge in [-0.05, 0) is 42.8 Å². The maximum Gasteiger partial charge on any atom is 0.123 e. The highest BCUT2D eigenvalue weighted by Crippen LogP contribution is 2.36. The molecule has 2 nitrogen and oxygen atoms in total. The minimum atomic E-state index is 0.0115. The molecule has 2 unspecified atom stereocenters. The van der Waals surface area contributed by atoms with Gasteiger partial charge in [-0.25, -0.2) is 0 Å². The Labute approximate surface area is 135 Å². The van der Waals surface area contributed by atoms with Crippen LogP contribution in [0.25, 0.3) is 0 Å². The van der Waals surface area contributed by atoms with Crippen molar-refractivity contribution in [2.75, 3.05) is 7.05 Å². The van der Waals surface area contributed by atoms with E-state index in [1.807, 2.05) is 25.2 Å². The number of hydrogen-bond acceptors (Lipinski definition) is 2. The fourth-order valence-corrected chi connectivity index (χ4v) is 3.28. The largest absolute Gasteiger partial charge is 0.490 e. The number of halogens is 2. The SMILES string of the molecule is CNC(c1ccc2c(c1)CC(C)O2)c1cccc(Cl)c1Cl. The average Bonchev–Trinajstić information content (AvgIpc) is 2.83. The Morgan fingerprint density at radius 2 is 2.05 bits per heavy atom. The molecule has 0 aliphatic carbocycles. The van der Waals surface area contributed by atoms with Gasteiger partial charge in [-0.1, -0.05) is 47.5 Å². The summed E-state index contributed by atoms with van der Waals surface area (Å²) >= 11 is 12.5. The molecule has 3 rings (SSSR count). The lowest BCUT2D eigenvalue weighted by Crippen LogP contribution is -2.18. The number of benzene rings is 2. The first-order valence-electron chi connectivity index (χ1n) is 7.01. The highest BCUT2D eigenvalue weighted by atomic mass is 35.5. The zero-order valence-corrected chi connectivity index (χ0v) is 13.5. The lowest BCUT2D eigenvalue weighted by atomic mass is 9.96. The molecule has 0 saturated heterocycles. The molecule has 0 spiro atoms. The van der Waals surface area contributed by atoms with Gasteiger partial charge in [0.2, 0.25) is 0 Å². The molecule has 0 fully saturated rings. The van der Waals surface area contributed by atoms with Crippen molar-refractivity contribution in [3.8, 4) is 5.75 Å². The van der Waals surface area contributed by atoms with Crippen LogP contribution in [0, 0.1) is 0 Å². The Bertz CT molecular complexity index is 672. The molecule has 4 heteroatoms. The standard InChI is InChI=1S/C17H17Cl2NO/c1-10-8-12-9-11(6-7-15(12)21-10)17(20-2)13-4-3-5-14(18)16(13)19/h3-7,9-10,17,20H,8H2,1-2H3. The highest BCUT2D eigenvalue weighted by molar-refractivity contribution is 6.42. The number of nitrogens with one attached hydrogen (secondary N) is 1. The maximum atomic E-state index is 6.36. The van der Waals surface area contributed by atoms with Crippen LogP contribution in [0.15, 0.2) is 36.4 Å². The van der Waals surface area contributed by atoms with E-state index >= 15 is 0 Å². The second-order valence-electron chi connectivity index (χ2n) is 5.36. The van der Waals surface area contributed by atoms with Gasteiger partial charge >= 0.3 is 0 Å². The van der Waals surface area contributed by atoms with E-state index < -0.39 is 0 Å². The summed E-state index contributed by atoms with van der Waals surface area (Å²) in [5.41, 5.74) is 3.40. The van der Waals surface area contributed by atoms with E-state index in [0.29, 0.717) is 10.0 Å². The second-order valence-corrected chi connectivity index (χ2v) is 6.15. The minimum Gasteiger partial charge on any atom is -0.490 e. The van der Waals surface area contributed by atoms with Gasteiger partial charge in [0.25, 0.3) is 0 Å². The third kappa shape index (κ3) is 2.76. The molecular weight excluding hydrogens is 305 g/mol. The van der Waals surface area contributed by atoms with E-state index in [-0.39, 0.29) is 12.1 Å². The predicted molar refractivity (Wildman–Crippen MR) is 87.6 cm³/mol. The molecule has 0 amide bonds. The lowest BCUT2D eigenvalue weighted by Gasteiger charge is -2.19. The van der Waals surface area contributed by atoms with Crippen molar-refractivity contribution in [1.82, 2.24) is 5.32 Å². The van der Waals surface area contributed by atoms with E-state index in [2.05, 4.69) is 24.4 Å². The van der Waals surface area contributed by atoms with Gasteiger partial charge in [0.1, 0.15) is 11.9 Å². The molecule has 1 heterocycles. The van der Waals surface area contributed by atoms with Crippen molar-refractivity contribution in [3.05, 3.63) is 63.1 Å². The van der Waals surface area contributed by atoms with E-state index in [9.17, 15) is 0 Å². The highest BCUT2D eigenvalue weighted by Gasteiger charge is 2.22. The van der Waals surface area contributed by atoms with Crippen LogP contribution in [0.2, 0.25) is 10.0 Å². The van der Waals surface area contributed by atoms with Crippen molar-refractivity contribution in [1.29, 1.82) is 0 Å². The molecule has 1 aliphatic heterocycles. The summed E-state index contributed by atoms with van der Waals surface area (Å²) < 4.78 is 5.76. The van der Waals surface area contributed by atoms with E-state index in [4.69, 9.17) is 27.9 Å². The summed E-state index contributed by atoms with van der Waals surface area (Å²) in [5.74, 6) is 0.985. The molecule has 21 heavy (non-hydrogen) atoms. The molecule has 0 aromatic heterocycles. The Morgan fingerprint density at radius 3 is 2.81 bits per heavy atom. The van der Waals surface area contributed by atoms with Gasteiger partial charge < -0.3 is 10.1 Å². The van der Waals surface area contributed by atoms with Crippen molar-refractivity contribution in [2.45, 2.75) is 25.5 Å². The van der Waals surface area contributed by atoms with Crippen LogP contribution < -0.4 is 10.1 Å². The number of ether oxygens (including phenoxy) is 1. The Morgan fingerprint density at radius 1 is 1.24 bits per heavy atom. The minimum absolute atomic E-state index is 0.0115. The van der Waals surface area contributed by atoms with Gasteiger partial charge in [0.15, 0.2) is 0 Å². The molecule has 0 saturated carbocycles. The van der Waals surface area contributed by atoms with Crippen molar-refractivity contribution in [2.24, 2.45) is 0 Å². The molecule has 2 aromatic carbocycles. The molecule has 110 valence electrons. The molecule has 1 aliphatic rings. The van der Waals surface area contributed by atoms with Gasteiger partial charge in [-0.2, -0.15) is 0 Å². The van der Waals surface area contributed by atoms with Crippen molar-refractivity contribution >= 4 is 23.2 Å². The van der Waals surface area contributed by atoms with Gasteiger partial charge in [0, 0.05) is 6.42 Å². The maximum absolute atomic E-state index is 6.36. The summed E-state index contributed by atoms with van der Waals surface area (Å²) in [6.45, 7) is 2.09. The summed E-state index contributed by atoms with van der Waals surface area (Å²) in [6.07, 6.45) is 1.20. The third-order valence-corrected chi connectivity index (χ3v) is 4.67. The van der Waals surface area contributed by atoms with E-state index in [0.717, 1.165) is 23.3 Å². The predicted octanol–water partition coefficient (Wildman–Crippen LogP) is 4.63. The molecule has 1 N–H and O–H groups in total. The van der Waals surface area contributed by atoms with E-state index in [1.54, 1.807) is 6.07 Å². The number of hydrogen-bond donors (Lipinski definition) is 1. The first kappa shape index (κ1) is 14.7. The van der Waals surface area contributed by atoms with Gasteiger partial charge in [-0.3, -0.25) is 0 Å². The summed E-state index contributed by atoms with van der Waals surface area (Å²) in [4.78, 5) is 0. The summed E-state index contributed by atoms with van der Waals surface area (Å²) in [7, 11) is 1.92. The molecule has 2 atom stereocenters. The summed E-state index contributed by atoms with van der Waals surface area (Å²) in [5, 5.41) is 4.50. The molecular formula is C17H17Cl2NO. The van der Waals surface area contributed by atoms with Crippen LogP contribution in [-0.2, 0) is 6.42 Å². The van der Waals surface area contributed by atoms with Gasteiger partial charge in [-0.15, -0.1) is 0 Å². The molecule has 2 aromatic rings. The average molecular weight is 322 g/mol. The zero-order chi connectivity index (χ0) is 15.0. The quantitative estimate of drug-likeness (QED) is 0.890. The first-order chi connectivity index (χ1) is 10.1. The topological polar surface area (TPSA) is 21.3 Å². The van der Waals surface area contributed by atoms with Crippen LogP contribution in [0.4, 0.5) is 0 Å². The Hall–Kier alpha value is -1.22. The van der Waals surface area contributed by atoms with Crippen LogP contribution in [0.5, 0.6) is 5.75 Å². The van der Waals surface area contributed by atoms with Gasteiger partial charge in [0.05, 0.1) is 16.1 Å². The zero-order valence-electron chi connectivity index (χ0n) is 12.0. The smallest absolute Gasteiger partial charge is 0.123 e. The first-order valence-corrected chi connectivity index (χ1v) is 7.76. The Balaban J connectivity index is 2.01. The fourth-order valence-electron chi connectivity index (χ4n) is 2.87. The third-order valence-electron chi connectivity index (χ3n) is 3.83. The normalized spacial score (nSPS) is 18.2. The van der Waals surface area contributed by atoms with Crippen LogP contribution in [0.1, 0.15) is 29.7 Å². The van der Waals surface area contributed by atoms with Crippen LogP contribution in [0.3, 0.4) is 0 Å². The monoisotopic (exact) mass is 321 g/mol. The lowest BCUT2D eigenvalue weighted by molar-refractivity contribution is 0.254. The Kier molecular flexibility index (Phi) is 4.12. The number of fused-ring (bicyclic) bond motifs is 1.